The maximum Gasteiger partial charge on any atom is 0.0221 e. The molecule has 2 unspecified atom stereocenters. The van der Waals surface area contributed by atoms with Gasteiger partial charge in [-0.25, -0.2) is 0 Å². The fourth-order valence-electron chi connectivity index (χ4n) is 1.43. The van der Waals surface area contributed by atoms with E-state index in [9.17, 15) is 0 Å². The third-order valence-corrected chi connectivity index (χ3v) is 3.52. The molecule has 0 saturated carbocycles. The third kappa shape index (κ3) is 3.28. The lowest BCUT2D eigenvalue weighted by Crippen LogP contribution is -2.52. The molecule has 0 aliphatic carbocycles. The Bertz CT molecular complexity index is 143. The second-order valence-electron chi connectivity index (χ2n) is 4.59. The zero-order valence-electron chi connectivity index (χ0n) is 10.1. The van der Waals surface area contributed by atoms with E-state index < -0.39 is 0 Å². The minimum Gasteiger partial charge on any atom is -0.326 e. The molecule has 2 N–H and O–H groups in total. The van der Waals surface area contributed by atoms with Crippen LogP contribution in [0.2, 0.25) is 0 Å². The molecule has 0 heterocycles. The van der Waals surface area contributed by atoms with Crippen LogP contribution in [0.3, 0.4) is 0 Å². The summed E-state index contributed by atoms with van der Waals surface area (Å²) in [6.45, 7) is 11.1. The maximum atomic E-state index is 6.03. The lowest BCUT2D eigenvalue weighted by atomic mass is 9.95. The predicted molar refractivity (Wildman–Crippen MR) is 59.9 cm³/mol. The minimum atomic E-state index is 0.256. The molecule has 0 bridgehead atoms. The Hall–Kier alpha value is -0.0800. The van der Waals surface area contributed by atoms with Crippen molar-refractivity contribution in [3.63, 3.8) is 0 Å². The standard InChI is InChI=1S/C11H26N2/c1-7-10(12)9(3)13(6)11(4,5)8-2/h9-10H,7-8,12H2,1-6H3. The van der Waals surface area contributed by atoms with Crippen molar-refractivity contribution >= 4 is 0 Å². The lowest BCUT2D eigenvalue weighted by molar-refractivity contribution is 0.0907. The highest BCUT2D eigenvalue weighted by Crippen LogP contribution is 2.20. The molecule has 2 heteroatoms. The quantitative estimate of drug-likeness (QED) is 0.713. The van der Waals surface area contributed by atoms with Crippen molar-refractivity contribution in [1.29, 1.82) is 0 Å². The summed E-state index contributed by atoms with van der Waals surface area (Å²) in [6.07, 6.45) is 2.20. The second-order valence-corrected chi connectivity index (χ2v) is 4.59. The number of rotatable bonds is 5. The van der Waals surface area contributed by atoms with Crippen LogP contribution in [-0.4, -0.2) is 29.6 Å². The Balaban J connectivity index is 4.32. The van der Waals surface area contributed by atoms with E-state index in [-0.39, 0.29) is 11.6 Å². The van der Waals surface area contributed by atoms with Crippen LogP contribution < -0.4 is 5.73 Å². The molecule has 0 saturated heterocycles. The van der Waals surface area contributed by atoms with Gasteiger partial charge in [0, 0.05) is 17.6 Å². The van der Waals surface area contributed by atoms with Gasteiger partial charge in [-0.1, -0.05) is 13.8 Å². The highest BCUT2D eigenvalue weighted by Gasteiger charge is 2.27. The molecular weight excluding hydrogens is 160 g/mol. The molecule has 0 aromatic rings. The van der Waals surface area contributed by atoms with Gasteiger partial charge in [0.25, 0.3) is 0 Å². The number of likely N-dealkylation sites (N-methyl/N-ethyl adjacent to an activating group) is 1. The van der Waals surface area contributed by atoms with Crippen LogP contribution >= 0.6 is 0 Å². The van der Waals surface area contributed by atoms with Gasteiger partial charge in [0.1, 0.15) is 0 Å². The van der Waals surface area contributed by atoms with E-state index in [4.69, 9.17) is 5.73 Å². The molecule has 13 heavy (non-hydrogen) atoms. The maximum absolute atomic E-state index is 6.03. The molecule has 0 radical (unpaired) electrons. The summed E-state index contributed by atoms with van der Waals surface area (Å²) in [5.74, 6) is 0. The highest BCUT2D eigenvalue weighted by atomic mass is 15.2. The smallest absolute Gasteiger partial charge is 0.0221 e. The molecular formula is C11H26N2. The average molecular weight is 186 g/mol. The van der Waals surface area contributed by atoms with Gasteiger partial charge < -0.3 is 5.73 Å². The first-order valence-electron chi connectivity index (χ1n) is 5.35. The molecule has 0 aromatic heterocycles. The zero-order chi connectivity index (χ0) is 10.6. The van der Waals surface area contributed by atoms with Gasteiger partial charge in [0.05, 0.1) is 0 Å². The Morgan fingerprint density at radius 2 is 1.77 bits per heavy atom. The van der Waals surface area contributed by atoms with Crippen molar-refractivity contribution in [2.24, 2.45) is 5.73 Å². The fourth-order valence-corrected chi connectivity index (χ4v) is 1.43. The van der Waals surface area contributed by atoms with Crippen LogP contribution in [0.25, 0.3) is 0 Å². The second kappa shape index (κ2) is 4.97. The van der Waals surface area contributed by atoms with Crippen molar-refractivity contribution in [2.75, 3.05) is 7.05 Å². The Kier molecular flexibility index (Phi) is 4.93. The van der Waals surface area contributed by atoms with Gasteiger partial charge in [0.15, 0.2) is 0 Å². The van der Waals surface area contributed by atoms with Gasteiger partial charge >= 0.3 is 0 Å². The van der Waals surface area contributed by atoms with Gasteiger partial charge in [-0.15, -0.1) is 0 Å². The van der Waals surface area contributed by atoms with Crippen LogP contribution in [0.4, 0.5) is 0 Å². The van der Waals surface area contributed by atoms with Crippen LogP contribution in [0.1, 0.15) is 47.5 Å². The largest absolute Gasteiger partial charge is 0.326 e. The first kappa shape index (κ1) is 12.9. The van der Waals surface area contributed by atoms with Gasteiger partial charge in [-0.05, 0) is 40.7 Å². The normalized spacial score (nSPS) is 17.5. The van der Waals surface area contributed by atoms with Crippen molar-refractivity contribution in [3.05, 3.63) is 0 Å². The molecule has 0 aromatic carbocycles. The van der Waals surface area contributed by atoms with Crippen LogP contribution in [0.15, 0.2) is 0 Å². The Labute approximate surface area is 83.5 Å². The zero-order valence-corrected chi connectivity index (χ0v) is 10.1. The minimum absolute atomic E-state index is 0.256. The number of nitrogens with zero attached hydrogens (tertiary/aromatic N) is 1. The first-order chi connectivity index (χ1) is 5.86. The molecule has 0 fully saturated rings. The molecule has 0 aliphatic rings. The van der Waals surface area contributed by atoms with Gasteiger partial charge in [-0.3, -0.25) is 4.90 Å². The number of hydrogen-bond acceptors (Lipinski definition) is 2. The summed E-state index contributed by atoms with van der Waals surface area (Å²) < 4.78 is 0. The molecule has 0 rings (SSSR count). The SMILES string of the molecule is CCC(N)C(C)N(C)C(C)(C)CC. The van der Waals surface area contributed by atoms with Crippen LogP contribution in [-0.2, 0) is 0 Å². The van der Waals surface area contributed by atoms with E-state index in [1.54, 1.807) is 0 Å². The molecule has 80 valence electrons. The summed E-state index contributed by atoms with van der Waals surface area (Å²) >= 11 is 0. The summed E-state index contributed by atoms with van der Waals surface area (Å²) in [5, 5.41) is 0. The van der Waals surface area contributed by atoms with Gasteiger partial charge in [0.2, 0.25) is 0 Å². The van der Waals surface area contributed by atoms with E-state index in [2.05, 4.69) is 46.6 Å². The lowest BCUT2D eigenvalue weighted by Gasteiger charge is -2.41. The van der Waals surface area contributed by atoms with E-state index in [0.717, 1.165) is 12.8 Å². The van der Waals surface area contributed by atoms with Crippen molar-refractivity contribution in [2.45, 2.75) is 65.1 Å². The Morgan fingerprint density at radius 3 is 2.08 bits per heavy atom. The fraction of sp³-hybridized carbons (Fsp3) is 1.00. The predicted octanol–water partition coefficient (Wildman–Crippen LogP) is 2.23. The van der Waals surface area contributed by atoms with Crippen LogP contribution in [0, 0.1) is 0 Å². The molecule has 2 nitrogen and oxygen atoms in total. The van der Waals surface area contributed by atoms with Crippen molar-refractivity contribution < 1.29 is 0 Å². The molecule has 0 spiro atoms. The van der Waals surface area contributed by atoms with Crippen LogP contribution in [0.5, 0.6) is 0 Å². The van der Waals surface area contributed by atoms with E-state index in [1.807, 2.05) is 0 Å². The van der Waals surface area contributed by atoms with Crippen molar-refractivity contribution in [3.8, 4) is 0 Å². The van der Waals surface area contributed by atoms with E-state index >= 15 is 0 Å². The van der Waals surface area contributed by atoms with E-state index in [0.29, 0.717) is 6.04 Å². The Morgan fingerprint density at radius 1 is 1.31 bits per heavy atom. The van der Waals surface area contributed by atoms with E-state index in [1.165, 1.54) is 0 Å². The topological polar surface area (TPSA) is 29.3 Å². The monoisotopic (exact) mass is 186 g/mol. The van der Waals surface area contributed by atoms with Crippen molar-refractivity contribution in [1.82, 2.24) is 4.90 Å². The summed E-state index contributed by atoms with van der Waals surface area (Å²) in [7, 11) is 2.17. The number of hydrogen-bond donors (Lipinski definition) is 1. The molecule has 0 aliphatic heterocycles. The summed E-state index contributed by atoms with van der Waals surface area (Å²) in [5.41, 5.74) is 6.28. The number of nitrogens with two attached hydrogens (primary N) is 1. The first-order valence-corrected chi connectivity index (χ1v) is 5.35. The summed E-state index contributed by atoms with van der Waals surface area (Å²) in [4.78, 5) is 2.39. The molecule has 2 atom stereocenters. The third-order valence-electron chi connectivity index (χ3n) is 3.52. The highest BCUT2D eigenvalue weighted by molar-refractivity contribution is 4.85. The average Bonchev–Trinajstić information content (AvgIpc) is 2.14. The molecule has 0 amide bonds. The van der Waals surface area contributed by atoms with Gasteiger partial charge in [-0.2, -0.15) is 0 Å². The summed E-state index contributed by atoms with van der Waals surface area (Å²) in [6, 6.07) is 0.746.